The Morgan fingerprint density at radius 2 is 2.33 bits per heavy atom. The zero-order chi connectivity index (χ0) is 10.8. The molecule has 4 nitrogen and oxygen atoms in total. The highest BCUT2D eigenvalue weighted by Gasteiger charge is 2.09. The second-order valence-electron chi connectivity index (χ2n) is 3.18. The predicted molar refractivity (Wildman–Crippen MR) is 59.0 cm³/mol. The molecule has 0 atom stereocenters. The highest BCUT2D eigenvalue weighted by molar-refractivity contribution is 7.12. The van der Waals surface area contributed by atoms with Gasteiger partial charge in [-0.05, 0) is 6.92 Å². The number of aromatic nitrogens is 3. The number of thiazole rings is 1. The highest BCUT2D eigenvalue weighted by atomic mass is 32.1. The van der Waals surface area contributed by atoms with Gasteiger partial charge in [-0.2, -0.15) is 0 Å². The van der Waals surface area contributed by atoms with Crippen molar-refractivity contribution in [1.29, 1.82) is 0 Å². The molecule has 2 heterocycles. The predicted octanol–water partition coefficient (Wildman–Crippen LogP) is 2.23. The lowest BCUT2D eigenvalue weighted by Crippen LogP contribution is -1.90. The van der Waals surface area contributed by atoms with Gasteiger partial charge in [0.15, 0.2) is 10.8 Å². The summed E-state index contributed by atoms with van der Waals surface area (Å²) in [6.07, 6.45) is 3.70. The quantitative estimate of drug-likeness (QED) is 0.747. The molecule has 2 rings (SSSR count). The van der Waals surface area contributed by atoms with Gasteiger partial charge in [-0.25, -0.2) is 9.97 Å². The summed E-state index contributed by atoms with van der Waals surface area (Å²) >= 11 is 1.36. The van der Waals surface area contributed by atoms with Gasteiger partial charge in [0.05, 0.1) is 6.33 Å². The van der Waals surface area contributed by atoms with Gasteiger partial charge < -0.3 is 4.57 Å². The molecule has 0 fully saturated rings. The summed E-state index contributed by atoms with van der Waals surface area (Å²) in [5.74, 6) is 0.00109. The second kappa shape index (κ2) is 3.94. The molecule has 0 unspecified atom stereocenters. The molecule has 2 aromatic heterocycles. The van der Waals surface area contributed by atoms with Crippen LogP contribution in [0.1, 0.15) is 23.6 Å². The Labute approximate surface area is 91.6 Å². The first-order valence-electron chi connectivity index (χ1n) is 4.69. The van der Waals surface area contributed by atoms with Gasteiger partial charge >= 0.3 is 0 Å². The molecule has 0 bridgehead atoms. The molecular formula is C10H11N3OS. The van der Waals surface area contributed by atoms with Crippen molar-refractivity contribution >= 4 is 17.1 Å². The zero-order valence-corrected chi connectivity index (χ0v) is 9.41. The van der Waals surface area contributed by atoms with Crippen LogP contribution < -0.4 is 0 Å². The Kier molecular flexibility index (Phi) is 2.64. The van der Waals surface area contributed by atoms with E-state index in [9.17, 15) is 4.79 Å². The Bertz CT molecular complexity index is 486. The highest BCUT2D eigenvalue weighted by Crippen LogP contribution is 2.20. The van der Waals surface area contributed by atoms with E-state index in [1.165, 1.54) is 18.3 Å². The van der Waals surface area contributed by atoms with Gasteiger partial charge in [0.25, 0.3) is 0 Å². The number of hydrogen-bond donors (Lipinski definition) is 0. The molecule has 0 radical (unpaired) electrons. The third-order valence-corrected chi connectivity index (χ3v) is 3.01. The first-order valence-corrected chi connectivity index (χ1v) is 5.57. The number of ketones is 1. The van der Waals surface area contributed by atoms with Crippen molar-refractivity contribution in [3.05, 3.63) is 22.9 Å². The molecule has 0 aliphatic rings. The largest absolute Gasteiger partial charge is 0.337 e. The molecule has 0 saturated heterocycles. The minimum absolute atomic E-state index is 0.00109. The normalized spacial score (nSPS) is 10.5. The molecule has 0 aliphatic carbocycles. The standard InChI is InChI=1S/C10H11N3OS/c1-3-13-4-8(11-6-13)9-5-15-10(12-9)7(2)14/h4-6H,3H2,1-2H3. The average molecular weight is 221 g/mol. The lowest BCUT2D eigenvalue weighted by Gasteiger charge is -1.90. The van der Waals surface area contributed by atoms with Crippen LogP contribution in [0.25, 0.3) is 11.4 Å². The average Bonchev–Trinajstić information content (AvgIpc) is 2.86. The number of carbonyl (C=O) groups excluding carboxylic acids is 1. The van der Waals surface area contributed by atoms with E-state index in [1.54, 1.807) is 6.33 Å². The van der Waals surface area contributed by atoms with Crippen molar-refractivity contribution in [2.45, 2.75) is 20.4 Å². The van der Waals surface area contributed by atoms with Gasteiger partial charge in [-0.15, -0.1) is 11.3 Å². The Balaban J connectivity index is 2.32. The van der Waals surface area contributed by atoms with E-state index in [2.05, 4.69) is 9.97 Å². The molecule has 15 heavy (non-hydrogen) atoms. The van der Waals surface area contributed by atoms with Crippen molar-refractivity contribution in [2.24, 2.45) is 0 Å². The number of imidazole rings is 1. The number of carbonyl (C=O) groups is 1. The van der Waals surface area contributed by atoms with Crippen molar-refractivity contribution in [2.75, 3.05) is 0 Å². The fourth-order valence-electron chi connectivity index (χ4n) is 1.22. The summed E-state index contributed by atoms with van der Waals surface area (Å²) in [5.41, 5.74) is 1.60. The molecule has 5 heteroatoms. The van der Waals surface area contributed by atoms with Gasteiger partial charge in [-0.1, -0.05) is 0 Å². The number of Topliss-reactive ketones (excluding diaryl/α,β-unsaturated/α-hetero) is 1. The molecule has 0 spiro atoms. The van der Waals surface area contributed by atoms with E-state index in [1.807, 2.05) is 23.1 Å². The van der Waals surface area contributed by atoms with Crippen LogP contribution in [-0.4, -0.2) is 20.3 Å². The van der Waals surface area contributed by atoms with Crippen molar-refractivity contribution in [1.82, 2.24) is 14.5 Å². The lowest BCUT2D eigenvalue weighted by molar-refractivity contribution is 0.101. The Morgan fingerprint density at radius 1 is 1.53 bits per heavy atom. The fraction of sp³-hybridized carbons (Fsp3) is 0.300. The van der Waals surface area contributed by atoms with E-state index in [0.717, 1.165) is 17.9 Å². The maximum atomic E-state index is 11.1. The van der Waals surface area contributed by atoms with Gasteiger partial charge in [-0.3, -0.25) is 4.79 Å². The van der Waals surface area contributed by atoms with E-state index in [-0.39, 0.29) is 5.78 Å². The molecule has 2 aromatic rings. The third kappa shape index (κ3) is 1.97. The monoisotopic (exact) mass is 221 g/mol. The summed E-state index contributed by atoms with van der Waals surface area (Å²) in [6.45, 7) is 4.46. The summed E-state index contributed by atoms with van der Waals surface area (Å²) in [7, 11) is 0. The first kappa shape index (κ1) is 10.0. The lowest BCUT2D eigenvalue weighted by atomic mass is 10.4. The summed E-state index contributed by atoms with van der Waals surface area (Å²) in [6, 6.07) is 0. The molecule has 0 N–H and O–H groups in total. The molecule has 0 aliphatic heterocycles. The van der Waals surface area contributed by atoms with Crippen LogP contribution in [0.15, 0.2) is 17.9 Å². The summed E-state index contributed by atoms with van der Waals surface area (Å²) in [5, 5.41) is 2.40. The summed E-state index contributed by atoms with van der Waals surface area (Å²) < 4.78 is 1.97. The van der Waals surface area contributed by atoms with E-state index < -0.39 is 0 Å². The molecule has 0 amide bonds. The molecular weight excluding hydrogens is 210 g/mol. The van der Waals surface area contributed by atoms with Gasteiger partial charge in [0.1, 0.15) is 11.4 Å². The van der Waals surface area contributed by atoms with E-state index >= 15 is 0 Å². The van der Waals surface area contributed by atoms with Crippen LogP contribution in [0.2, 0.25) is 0 Å². The number of aryl methyl sites for hydroxylation is 1. The second-order valence-corrected chi connectivity index (χ2v) is 4.04. The van der Waals surface area contributed by atoms with Crippen LogP contribution in [0.4, 0.5) is 0 Å². The van der Waals surface area contributed by atoms with Crippen molar-refractivity contribution < 1.29 is 4.79 Å². The fourth-order valence-corrected chi connectivity index (χ4v) is 1.93. The van der Waals surface area contributed by atoms with Crippen LogP contribution >= 0.6 is 11.3 Å². The van der Waals surface area contributed by atoms with E-state index in [4.69, 9.17) is 0 Å². The molecule has 0 aromatic carbocycles. The zero-order valence-electron chi connectivity index (χ0n) is 8.60. The van der Waals surface area contributed by atoms with Gasteiger partial charge in [0, 0.05) is 25.0 Å². The number of nitrogens with zero attached hydrogens (tertiary/aromatic N) is 3. The minimum Gasteiger partial charge on any atom is -0.337 e. The number of rotatable bonds is 3. The minimum atomic E-state index is 0.00109. The van der Waals surface area contributed by atoms with Gasteiger partial charge in [0.2, 0.25) is 0 Å². The topological polar surface area (TPSA) is 47.8 Å². The molecule has 78 valence electrons. The van der Waals surface area contributed by atoms with Crippen LogP contribution in [-0.2, 0) is 6.54 Å². The number of hydrogen-bond acceptors (Lipinski definition) is 4. The molecule has 0 saturated carbocycles. The van der Waals surface area contributed by atoms with Crippen LogP contribution in [0.5, 0.6) is 0 Å². The maximum Gasteiger partial charge on any atom is 0.188 e. The summed E-state index contributed by atoms with van der Waals surface area (Å²) in [4.78, 5) is 19.5. The first-order chi connectivity index (χ1) is 7.20. The maximum absolute atomic E-state index is 11.1. The van der Waals surface area contributed by atoms with Crippen LogP contribution in [0, 0.1) is 0 Å². The van der Waals surface area contributed by atoms with Crippen molar-refractivity contribution in [3.63, 3.8) is 0 Å². The Morgan fingerprint density at radius 3 is 2.87 bits per heavy atom. The SMILES string of the molecule is CCn1cnc(-c2csc(C(C)=O)n2)c1. The van der Waals surface area contributed by atoms with Crippen LogP contribution in [0.3, 0.4) is 0 Å². The van der Waals surface area contributed by atoms with Crippen molar-refractivity contribution in [3.8, 4) is 11.4 Å². The Hall–Kier alpha value is -1.49. The van der Waals surface area contributed by atoms with E-state index in [0.29, 0.717) is 5.01 Å². The third-order valence-electron chi connectivity index (χ3n) is 2.07. The smallest absolute Gasteiger partial charge is 0.188 e.